The normalized spacial score (nSPS) is 35.0. The first-order valence-corrected chi connectivity index (χ1v) is 13.1. The second kappa shape index (κ2) is 15.5. The molecule has 10 atom stereocenters. The van der Waals surface area contributed by atoms with Gasteiger partial charge in [-0.15, -0.1) is 0 Å². The van der Waals surface area contributed by atoms with Crippen LogP contribution in [-0.2, 0) is 42.8 Å². The molecule has 0 bridgehead atoms. The van der Waals surface area contributed by atoms with Crippen molar-refractivity contribution in [2.45, 2.75) is 103 Å². The van der Waals surface area contributed by atoms with Crippen LogP contribution in [-0.4, -0.2) is 118 Å². The Labute approximate surface area is 237 Å². The predicted molar refractivity (Wildman–Crippen MR) is 139 cm³/mol. The minimum Gasteiger partial charge on any atom is -0.452 e. The van der Waals surface area contributed by atoms with Crippen molar-refractivity contribution in [3.05, 3.63) is 34.9 Å². The van der Waals surface area contributed by atoms with E-state index in [-0.39, 0.29) is 16.7 Å². The number of ether oxygens (including phenoxy) is 6. The van der Waals surface area contributed by atoms with Gasteiger partial charge in [-0.3, -0.25) is 0 Å². The summed E-state index contributed by atoms with van der Waals surface area (Å²) in [5.74, 6) is -2.58. The Kier molecular flexibility index (Phi) is 13.1. The maximum Gasteiger partial charge on any atom is 0.333 e. The first-order chi connectivity index (χ1) is 19.3. The topological polar surface area (TPSA) is 208 Å². The molecule has 0 saturated carbocycles. The number of rotatable bonds is 10. The number of carbonyl (C=O) groups excluding carboxylic acids is 3. The molecule has 2 aliphatic rings. The summed E-state index contributed by atoms with van der Waals surface area (Å²) in [5.41, 5.74) is 0.496. The maximum absolute atomic E-state index is 12.9. The lowest BCUT2D eigenvalue weighted by Crippen LogP contribution is -2.65. The van der Waals surface area contributed by atoms with Crippen molar-refractivity contribution >= 4 is 17.9 Å². The molecule has 14 nitrogen and oxygen atoms in total. The highest BCUT2D eigenvalue weighted by atomic mass is 16.8. The van der Waals surface area contributed by atoms with E-state index in [4.69, 9.17) is 28.4 Å². The zero-order chi connectivity index (χ0) is 31.0. The van der Waals surface area contributed by atoms with Crippen LogP contribution in [0.2, 0.25) is 0 Å². The zero-order valence-corrected chi connectivity index (χ0v) is 23.8. The standard InChI is InChI=1S/C27H40O14/c1-7-12(4)23(33)38-20-16(11-29)37-27(41-26-19(32)18(31)17(30)15(10-28)36-26)22(40-25(35)14(6)9-3)21(20)39-24(34)13(5)8-2/h7-9,15-22,26-32H,10-11H2,1-6H3/b12-7+,13-8+,14-9+. The van der Waals surface area contributed by atoms with Gasteiger partial charge in [-0.2, -0.15) is 0 Å². The fraction of sp³-hybridized carbons (Fsp3) is 0.667. The van der Waals surface area contributed by atoms with E-state index in [1.807, 2.05) is 0 Å². The SMILES string of the molecule is C/C=C(\C)C(=O)OC1C(CO)OC(OC2OC(CO)C(O)C(O)C2O)C(OC(=O)/C(C)=C/C)C1OC(=O)/C(C)=C/C. The summed E-state index contributed by atoms with van der Waals surface area (Å²) in [6.45, 7) is 7.61. The molecule has 0 aromatic heterocycles. The third-order valence-electron chi connectivity index (χ3n) is 6.88. The van der Waals surface area contributed by atoms with Crippen molar-refractivity contribution in [1.82, 2.24) is 0 Å². The largest absolute Gasteiger partial charge is 0.452 e. The highest BCUT2D eigenvalue weighted by Gasteiger charge is 2.55. The van der Waals surface area contributed by atoms with Crippen LogP contribution in [0.25, 0.3) is 0 Å². The van der Waals surface area contributed by atoms with E-state index < -0.39 is 92.5 Å². The second-order valence-corrected chi connectivity index (χ2v) is 9.58. The van der Waals surface area contributed by atoms with Crippen LogP contribution in [0, 0.1) is 0 Å². The molecule has 0 spiro atoms. The van der Waals surface area contributed by atoms with Gasteiger partial charge in [-0.1, -0.05) is 18.2 Å². The van der Waals surface area contributed by atoms with Crippen LogP contribution in [0.4, 0.5) is 0 Å². The Morgan fingerprint density at radius 2 is 1.02 bits per heavy atom. The van der Waals surface area contributed by atoms with Crippen LogP contribution in [0.15, 0.2) is 34.9 Å². The van der Waals surface area contributed by atoms with Crippen molar-refractivity contribution in [1.29, 1.82) is 0 Å². The van der Waals surface area contributed by atoms with Gasteiger partial charge in [-0.25, -0.2) is 14.4 Å². The highest BCUT2D eigenvalue weighted by Crippen LogP contribution is 2.33. The van der Waals surface area contributed by atoms with Crippen LogP contribution < -0.4 is 0 Å². The summed E-state index contributed by atoms with van der Waals surface area (Å²) < 4.78 is 33.8. The number of aliphatic hydroxyl groups is 5. The van der Waals surface area contributed by atoms with Crippen LogP contribution in [0.1, 0.15) is 41.5 Å². The van der Waals surface area contributed by atoms with E-state index in [2.05, 4.69) is 0 Å². The lowest BCUT2D eigenvalue weighted by atomic mass is 9.97. The van der Waals surface area contributed by atoms with E-state index >= 15 is 0 Å². The molecule has 2 saturated heterocycles. The van der Waals surface area contributed by atoms with Crippen molar-refractivity contribution in [3.63, 3.8) is 0 Å². The Morgan fingerprint density at radius 1 is 0.610 bits per heavy atom. The van der Waals surface area contributed by atoms with E-state index in [0.29, 0.717) is 0 Å². The van der Waals surface area contributed by atoms with Gasteiger partial charge in [-0.05, 0) is 41.5 Å². The van der Waals surface area contributed by atoms with E-state index in [9.17, 15) is 39.9 Å². The minimum atomic E-state index is -1.86. The molecule has 0 aromatic rings. The molecule has 2 fully saturated rings. The van der Waals surface area contributed by atoms with Gasteiger partial charge >= 0.3 is 17.9 Å². The molecular formula is C27H40O14. The van der Waals surface area contributed by atoms with Crippen molar-refractivity contribution in [3.8, 4) is 0 Å². The summed E-state index contributed by atoms with van der Waals surface area (Å²) >= 11 is 0. The second-order valence-electron chi connectivity index (χ2n) is 9.58. The third kappa shape index (κ3) is 8.20. The van der Waals surface area contributed by atoms with Crippen molar-refractivity contribution < 1.29 is 68.3 Å². The molecular weight excluding hydrogens is 548 g/mol. The van der Waals surface area contributed by atoms with Crippen LogP contribution in [0.5, 0.6) is 0 Å². The summed E-state index contributed by atoms with van der Waals surface area (Å²) in [5, 5.41) is 50.5. The molecule has 0 aliphatic carbocycles. The third-order valence-corrected chi connectivity index (χ3v) is 6.88. The van der Waals surface area contributed by atoms with E-state index in [1.165, 1.54) is 39.0 Å². The summed E-state index contributed by atoms with van der Waals surface area (Å²) in [7, 11) is 0. The monoisotopic (exact) mass is 588 g/mol. The Balaban J connectivity index is 2.60. The first-order valence-electron chi connectivity index (χ1n) is 13.1. The molecule has 14 heteroatoms. The summed E-state index contributed by atoms with van der Waals surface area (Å²) in [6, 6.07) is 0. The van der Waals surface area contributed by atoms with Gasteiger partial charge in [0.2, 0.25) is 6.29 Å². The highest BCUT2D eigenvalue weighted by molar-refractivity contribution is 5.89. The lowest BCUT2D eigenvalue weighted by Gasteiger charge is -2.46. The molecule has 0 aromatic carbocycles. The number of allylic oxidation sites excluding steroid dienone is 3. The number of carbonyl (C=O) groups is 3. The summed E-state index contributed by atoms with van der Waals surface area (Å²) in [6.07, 6.45) is -12.0. The van der Waals surface area contributed by atoms with Gasteiger partial charge in [0.1, 0.15) is 30.5 Å². The number of aliphatic hydroxyl groups excluding tert-OH is 5. The van der Waals surface area contributed by atoms with Gasteiger partial charge in [0.15, 0.2) is 24.6 Å². The predicted octanol–water partition coefficient (Wildman–Crippen LogP) is -0.846. The van der Waals surface area contributed by atoms with Gasteiger partial charge in [0, 0.05) is 16.7 Å². The molecule has 232 valence electrons. The fourth-order valence-corrected chi connectivity index (χ4v) is 3.85. The van der Waals surface area contributed by atoms with Crippen LogP contribution >= 0.6 is 0 Å². The average molecular weight is 589 g/mol. The molecule has 2 heterocycles. The molecule has 5 N–H and O–H groups in total. The molecule has 0 radical (unpaired) electrons. The minimum absolute atomic E-state index is 0.147. The average Bonchev–Trinajstić information content (AvgIpc) is 2.97. The number of hydrogen-bond acceptors (Lipinski definition) is 14. The van der Waals surface area contributed by atoms with Gasteiger partial charge < -0.3 is 54.0 Å². The van der Waals surface area contributed by atoms with Gasteiger partial charge in [0.25, 0.3) is 0 Å². The Hall–Kier alpha value is -2.69. The number of esters is 3. The van der Waals surface area contributed by atoms with Crippen molar-refractivity contribution in [2.75, 3.05) is 13.2 Å². The Morgan fingerprint density at radius 3 is 1.46 bits per heavy atom. The molecule has 10 unspecified atom stereocenters. The lowest BCUT2D eigenvalue weighted by molar-refractivity contribution is -0.376. The van der Waals surface area contributed by atoms with Crippen molar-refractivity contribution in [2.24, 2.45) is 0 Å². The summed E-state index contributed by atoms with van der Waals surface area (Å²) in [4.78, 5) is 38.5. The molecule has 0 amide bonds. The maximum atomic E-state index is 12.9. The Bertz CT molecular complexity index is 1020. The zero-order valence-electron chi connectivity index (χ0n) is 23.8. The van der Waals surface area contributed by atoms with Gasteiger partial charge in [0.05, 0.1) is 13.2 Å². The van der Waals surface area contributed by atoms with E-state index in [0.717, 1.165) is 0 Å². The smallest absolute Gasteiger partial charge is 0.333 e. The quantitative estimate of drug-likeness (QED) is 0.120. The first kappa shape index (κ1) is 34.5. The van der Waals surface area contributed by atoms with E-state index in [1.54, 1.807) is 20.8 Å². The molecule has 41 heavy (non-hydrogen) atoms. The molecule has 2 aliphatic heterocycles. The molecule has 2 rings (SSSR count). The number of hydrogen-bond donors (Lipinski definition) is 5. The van der Waals surface area contributed by atoms with Crippen LogP contribution in [0.3, 0.4) is 0 Å². The fourth-order valence-electron chi connectivity index (χ4n) is 3.85.